The van der Waals surface area contributed by atoms with E-state index in [1.807, 2.05) is 6.07 Å². The lowest BCUT2D eigenvalue weighted by Gasteiger charge is -2.11. The van der Waals surface area contributed by atoms with Crippen molar-refractivity contribution in [3.05, 3.63) is 59.7 Å². The topological polar surface area (TPSA) is 77.0 Å². The van der Waals surface area contributed by atoms with E-state index < -0.39 is 10.0 Å². The molecule has 0 unspecified atom stereocenters. The van der Waals surface area contributed by atoms with Crippen molar-refractivity contribution in [2.75, 3.05) is 19.5 Å². The van der Waals surface area contributed by atoms with Crippen molar-refractivity contribution >= 4 is 26.5 Å². The molecule has 0 atom stereocenters. The smallest absolute Gasteiger partial charge is 0.285 e. The molecule has 0 saturated carbocycles. The zero-order chi connectivity index (χ0) is 18.0. The van der Waals surface area contributed by atoms with E-state index >= 15 is 0 Å². The molecule has 3 rings (SSSR count). The molecule has 0 aromatic heterocycles. The first kappa shape index (κ1) is 17.0. The number of benzene rings is 2. The normalized spacial score (nSPS) is 15.7. The fourth-order valence-corrected chi connectivity index (χ4v) is 4.09. The van der Waals surface area contributed by atoms with E-state index in [0.29, 0.717) is 34.2 Å². The maximum absolute atomic E-state index is 12.5. The first-order valence-electron chi connectivity index (χ1n) is 7.57. The van der Waals surface area contributed by atoms with Crippen molar-refractivity contribution in [1.82, 2.24) is 0 Å². The Kier molecular flexibility index (Phi) is 4.50. The molecule has 1 heterocycles. The third kappa shape index (κ3) is 3.23. The van der Waals surface area contributed by atoms with Crippen molar-refractivity contribution in [3.63, 3.8) is 0 Å². The van der Waals surface area contributed by atoms with Crippen molar-refractivity contribution in [1.29, 1.82) is 0 Å². The van der Waals surface area contributed by atoms with Crippen molar-refractivity contribution < 1.29 is 17.9 Å². The molecule has 0 saturated heterocycles. The van der Waals surface area contributed by atoms with Crippen LogP contribution in [0.25, 0.3) is 4.91 Å². The van der Waals surface area contributed by atoms with Crippen LogP contribution in [0, 0.1) is 0 Å². The lowest BCUT2D eigenvalue weighted by Crippen LogP contribution is -2.11. The van der Waals surface area contributed by atoms with E-state index in [4.69, 9.17) is 9.47 Å². The van der Waals surface area contributed by atoms with Gasteiger partial charge in [-0.3, -0.25) is 0 Å². The molecule has 25 heavy (non-hydrogen) atoms. The van der Waals surface area contributed by atoms with Gasteiger partial charge in [-0.2, -0.15) is 8.42 Å². The third-order valence-electron chi connectivity index (χ3n) is 3.85. The molecule has 7 heteroatoms. The van der Waals surface area contributed by atoms with Gasteiger partial charge in [0.25, 0.3) is 10.0 Å². The van der Waals surface area contributed by atoms with Crippen LogP contribution in [-0.4, -0.2) is 28.5 Å². The summed E-state index contributed by atoms with van der Waals surface area (Å²) < 4.78 is 39.3. The SMILES string of the molecule is COc1ccc(NC2=NS(=O)(=O)C(c3ccccc3)=C2C)cc1OC. The van der Waals surface area contributed by atoms with Crippen LogP contribution in [0.2, 0.25) is 0 Å². The molecule has 0 spiro atoms. The van der Waals surface area contributed by atoms with E-state index in [2.05, 4.69) is 9.71 Å². The van der Waals surface area contributed by atoms with E-state index in [0.717, 1.165) is 0 Å². The van der Waals surface area contributed by atoms with E-state index in [1.165, 1.54) is 7.11 Å². The van der Waals surface area contributed by atoms with Gasteiger partial charge in [0.2, 0.25) is 0 Å². The average molecular weight is 358 g/mol. The van der Waals surface area contributed by atoms with E-state index in [-0.39, 0.29) is 4.91 Å². The van der Waals surface area contributed by atoms with Crippen LogP contribution >= 0.6 is 0 Å². The fraction of sp³-hybridized carbons (Fsp3) is 0.167. The Labute approximate surface area is 146 Å². The summed E-state index contributed by atoms with van der Waals surface area (Å²) in [7, 11) is -0.645. The molecule has 0 radical (unpaired) electrons. The minimum absolute atomic E-state index is 0.219. The lowest BCUT2D eigenvalue weighted by molar-refractivity contribution is 0.355. The van der Waals surface area contributed by atoms with Gasteiger partial charge in [0.15, 0.2) is 11.5 Å². The predicted octanol–water partition coefficient (Wildman–Crippen LogP) is 3.29. The number of hydrogen-bond donors (Lipinski definition) is 1. The standard InChI is InChI=1S/C18H18N2O4S/c1-12-17(13-7-5-4-6-8-13)25(21,22)20-18(12)19-14-9-10-15(23-2)16(11-14)24-3/h4-11H,1-3H3,(H,19,20). The Morgan fingerprint density at radius 1 is 0.960 bits per heavy atom. The molecule has 0 amide bonds. The Morgan fingerprint density at radius 2 is 1.64 bits per heavy atom. The van der Waals surface area contributed by atoms with Gasteiger partial charge in [-0.15, -0.1) is 4.40 Å². The third-order valence-corrected chi connectivity index (χ3v) is 5.33. The number of rotatable bonds is 4. The highest BCUT2D eigenvalue weighted by molar-refractivity contribution is 8.00. The van der Waals surface area contributed by atoms with Crippen molar-refractivity contribution in [3.8, 4) is 11.5 Å². The molecule has 1 N–H and O–H groups in total. The predicted molar refractivity (Wildman–Crippen MR) is 98.6 cm³/mol. The maximum Gasteiger partial charge on any atom is 0.285 e. The molecule has 130 valence electrons. The maximum atomic E-state index is 12.5. The summed E-state index contributed by atoms with van der Waals surface area (Å²) >= 11 is 0. The summed E-state index contributed by atoms with van der Waals surface area (Å²) in [6, 6.07) is 14.2. The van der Waals surface area contributed by atoms with Crippen molar-refractivity contribution in [2.24, 2.45) is 4.40 Å². The molecule has 2 aromatic carbocycles. The molecule has 0 bridgehead atoms. The number of hydrogen-bond acceptors (Lipinski definition) is 5. The molecule has 1 aliphatic heterocycles. The Balaban J connectivity index is 1.98. The van der Waals surface area contributed by atoms with Gasteiger partial charge in [0.1, 0.15) is 10.7 Å². The summed E-state index contributed by atoms with van der Waals surface area (Å²) in [5, 5.41) is 3.05. The van der Waals surface area contributed by atoms with Gasteiger partial charge in [-0.05, 0) is 24.6 Å². The second-order valence-corrected chi connectivity index (χ2v) is 6.97. The molecule has 1 aliphatic rings. The van der Waals surface area contributed by atoms with Gasteiger partial charge in [-0.25, -0.2) is 0 Å². The average Bonchev–Trinajstić information content (AvgIpc) is 2.83. The number of nitrogens with zero attached hydrogens (tertiary/aromatic N) is 1. The summed E-state index contributed by atoms with van der Waals surface area (Å²) in [6.07, 6.45) is 0. The van der Waals surface area contributed by atoms with Gasteiger partial charge in [-0.1, -0.05) is 30.3 Å². The van der Waals surface area contributed by atoms with E-state index in [1.54, 1.807) is 56.5 Å². The number of sulfonamides is 1. The van der Waals surface area contributed by atoms with Gasteiger partial charge in [0, 0.05) is 17.3 Å². The summed E-state index contributed by atoms with van der Waals surface area (Å²) in [5.41, 5.74) is 1.84. The molecular formula is C18H18N2O4S. The van der Waals surface area contributed by atoms with Crippen LogP contribution in [0.15, 0.2) is 58.5 Å². The van der Waals surface area contributed by atoms with E-state index in [9.17, 15) is 8.42 Å². The highest BCUT2D eigenvalue weighted by Gasteiger charge is 2.31. The van der Waals surface area contributed by atoms with Gasteiger partial charge in [0.05, 0.1) is 14.2 Å². The summed E-state index contributed by atoms with van der Waals surface area (Å²) in [6.45, 7) is 1.74. The van der Waals surface area contributed by atoms with Crippen molar-refractivity contribution in [2.45, 2.75) is 6.92 Å². The first-order valence-corrected chi connectivity index (χ1v) is 9.01. The fourth-order valence-electron chi connectivity index (χ4n) is 2.66. The second-order valence-electron chi connectivity index (χ2n) is 5.43. The Morgan fingerprint density at radius 3 is 2.28 bits per heavy atom. The lowest BCUT2D eigenvalue weighted by atomic mass is 10.1. The molecule has 0 fully saturated rings. The minimum Gasteiger partial charge on any atom is -0.493 e. The van der Waals surface area contributed by atoms with Gasteiger partial charge < -0.3 is 14.8 Å². The monoisotopic (exact) mass is 358 g/mol. The Bertz CT molecular complexity index is 964. The zero-order valence-electron chi connectivity index (χ0n) is 14.1. The minimum atomic E-state index is -3.74. The zero-order valence-corrected chi connectivity index (χ0v) is 14.9. The highest BCUT2D eigenvalue weighted by Crippen LogP contribution is 2.34. The van der Waals surface area contributed by atoms with Crippen LogP contribution in [-0.2, 0) is 10.0 Å². The number of anilines is 1. The Hall–Kier alpha value is -2.80. The molecular weight excluding hydrogens is 340 g/mol. The molecule has 0 aliphatic carbocycles. The quantitative estimate of drug-likeness (QED) is 0.907. The molecule has 2 aromatic rings. The van der Waals surface area contributed by atoms with Crippen LogP contribution < -0.4 is 14.8 Å². The van der Waals surface area contributed by atoms with Gasteiger partial charge >= 0.3 is 0 Å². The number of methoxy groups -OCH3 is 2. The largest absolute Gasteiger partial charge is 0.493 e. The van der Waals surface area contributed by atoms with Crippen LogP contribution in [0.3, 0.4) is 0 Å². The van der Waals surface area contributed by atoms with Crippen LogP contribution in [0.4, 0.5) is 5.69 Å². The number of amidine groups is 1. The molecule has 6 nitrogen and oxygen atoms in total. The number of ether oxygens (including phenoxy) is 2. The van der Waals surface area contributed by atoms with Crippen LogP contribution in [0.5, 0.6) is 11.5 Å². The first-order chi connectivity index (χ1) is 12.0. The van der Waals surface area contributed by atoms with Crippen LogP contribution in [0.1, 0.15) is 12.5 Å². The summed E-state index contributed by atoms with van der Waals surface area (Å²) in [5.74, 6) is 1.43. The summed E-state index contributed by atoms with van der Waals surface area (Å²) in [4.78, 5) is 0.219. The number of nitrogens with one attached hydrogen (secondary N) is 1. The highest BCUT2D eigenvalue weighted by atomic mass is 32.2. The second kappa shape index (κ2) is 6.60.